The van der Waals surface area contributed by atoms with Crippen LogP contribution in [0.15, 0.2) is 0 Å². The summed E-state index contributed by atoms with van der Waals surface area (Å²) in [6.45, 7) is 1.30. The van der Waals surface area contributed by atoms with Crippen LogP contribution in [0.25, 0.3) is 0 Å². The summed E-state index contributed by atoms with van der Waals surface area (Å²) >= 11 is 0. The molecule has 1 unspecified atom stereocenters. The third-order valence-corrected chi connectivity index (χ3v) is 1.61. The lowest BCUT2D eigenvalue weighted by molar-refractivity contribution is -0.113. The van der Waals surface area contributed by atoms with Gasteiger partial charge >= 0.3 is 10.4 Å². The Morgan fingerprint density at radius 3 is 2.30 bits per heavy atom. The fourth-order valence-electron chi connectivity index (χ4n) is 0.248. The number of aldehydes is 1. The predicted molar refractivity (Wildman–Crippen MR) is 32.5 cm³/mol. The normalized spacial score (nSPS) is 14.6. The van der Waals surface area contributed by atoms with Crippen molar-refractivity contribution in [3.63, 3.8) is 0 Å². The molecule has 0 N–H and O–H groups in total. The Labute approximate surface area is 59.3 Å². The van der Waals surface area contributed by atoms with Crippen LogP contribution in [0.4, 0.5) is 0 Å². The summed E-state index contributed by atoms with van der Waals surface area (Å²) < 4.78 is 28.7. The molecule has 0 aliphatic rings. The zero-order valence-corrected chi connectivity index (χ0v) is 6.42. The molecule has 0 aromatic heterocycles. The Balaban J connectivity index is 4.02. The Kier molecular flexibility index (Phi) is 3.48. The maximum absolute atomic E-state index is 10.4. The van der Waals surface area contributed by atoms with E-state index in [0.717, 1.165) is 7.11 Å². The number of rotatable bonds is 4. The molecule has 0 saturated carbocycles. The van der Waals surface area contributed by atoms with Gasteiger partial charge in [-0.2, -0.15) is 8.42 Å². The second-order valence-electron chi connectivity index (χ2n) is 1.51. The zero-order chi connectivity index (χ0) is 8.20. The van der Waals surface area contributed by atoms with Crippen molar-refractivity contribution in [2.24, 2.45) is 0 Å². The van der Waals surface area contributed by atoms with Gasteiger partial charge in [-0.3, -0.25) is 4.18 Å². The van der Waals surface area contributed by atoms with Crippen LogP contribution in [-0.4, -0.2) is 27.9 Å². The molecule has 5 nitrogen and oxygen atoms in total. The first kappa shape index (κ1) is 9.54. The highest BCUT2D eigenvalue weighted by atomic mass is 32.3. The highest BCUT2D eigenvalue weighted by molar-refractivity contribution is 7.81. The van der Waals surface area contributed by atoms with Crippen LogP contribution in [0.5, 0.6) is 0 Å². The second-order valence-corrected chi connectivity index (χ2v) is 2.85. The third kappa shape index (κ3) is 3.54. The van der Waals surface area contributed by atoms with Gasteiger partial charge in [-0.05, 0) is 6.92 Å². The van der Waals surface area contributed by atoms with Crippen molar-refractivity contribution in [3.05, 3.63) is 0 Å². The molecular weight excluding hydrogens is 160 g/mol. The molecule has 0 amide bonds. The predicted octanol–water partition coefficient (Wildman–Crippen LogP) is -0.518. The van der Waals surface area contributed by atoms with Crippen molar-refractivity contribution >= 4 is 16.7 Å². The Morgan fingerprint density at radius 2 is 2.00 bits per heavy atom. The molecule has 0 aliphatic carbocycles. The SMILES string of the molecule is COS(=O)(=O)OC(C)C=O. The summed E-state index contributed by atoms with van der Waals surface area (Å²) in [6.07, 6.45) is -0.638. The van der Waals surface area contributed by atoms with E-state index in [1.54, 1.807) is 0 Å². The smallest absolute Gasteiger partial charge is 0.300 e. The minimum Gasteiger partial charge on any atom is -0.300 e. The molecule has 6 heteroatoms. The van der Waals surface area contributed by atoms with Gasteiger partial charge in [0.15, 0.2) is 0 Å². The van der Waals surface area contributed by atoms with E-state index in [-0.39, 0.29) is 0 Å². The molecule has 60 valence electrons. The van der Waals surface area contributed by atoms with Crippen LogP contribution in [-0.2, 0) is 23.6 Å². The highest BCUT2D eigenvalue weighted by Crippen LogP contribution is 1.96. The maximum atomic E-state index is 10.4. The summed E-state index contributed by atoms with van der Waals surface area (Å²) in [5.74, 6) is 0. The maximum Gasteiger partial charge on any atom is 0.400 e. The van der Waals surface area contributed by atoms with E-state index in [4.69, 9.17) is 0 Å². The molecular formula is C4H8O5S. The molecule has 0 bridgehead atoms. The van der Waals surface area contributed by atoms with Crippen molar-refractivity contribution in [3.8, 4) is 0 Å². The van der Waals surface area contributed by atoms with Gasteiger partial charge in [0, 0.05) is 0 Å². The van der Waals surface area contributed by atoms with Crippen LogP contribution in [0, 0.1) is 0 Å². The quantitative estimate of drug-likeness (QED) is 0.528. The van der Waals surface area contributed by atoms with Gasteiger partial charge in [-0.1, -0.05) is 0 Å². The molecule has 0 radical (unpaired) electrons. The average molecular weight is 168 g/mol. The molecule has 0 aliphatic heterocycles. The molecule has 0 spiro atoms. The molecule has 10 heavy (non-hydrogen) atoms. The summed E-state index contributed by atoms with van der Waals surface area (Å²) in [6, 6.07) is 0. The Hall–Kier alpha value is -0.460. The summed E-state index contributed by atoms with van der Waals surface area (Å²) in [5.41, 5.74) is 0. The van der Waals surface area contributed by atoms with E-state index < -0.39 is 16.5 Å². The van der Waals surface area contributed by atoms with Crippen molar-refractivity contribution in [2.75, 3.05) is 7.11 Å². The van der Waals surface area contributed by atoms with Crippen LogP contribution in [0.1, 0.15) is 6.92 Å². The summed E-state index contributed by atoms with van der Waals surface area (Å²) in [4.78, 5) is 9.85. The number of carbonyl (C=O) groups is 1. The molecule has 0 aromatic rings. The topological polar surface area (TPSA) is 69.7 Å². The first-order valence-electron chi connectivity index (χ1n) is 2.46. The lowest BCUT2D eigenvalue weighted by Crippen LogP contribution is -2.17. The molecule has 0 fully saturated rings. The summed E-state index contributed by atoms with van der Waals surface area (Å²) in [5, 5.41) is 0. The van der Waals surface area contributed by atoms with Gasteiger partial charge in [0.2, 0.25) is 0 Å². The van der Waals surface area contributed by atoms with Gasteiger partial charge in [-0.15, -0.1) is 0 Å². The van der Waals surface area contributed by atoms with Crippen molar-refractivity contribution < 1.29 is 21.6 Å². The second kappa shape index (κ2) is 3.65. The van der Waals surface area contributed by atoms with E-state index in [1.807, 2.05) is 0 Å². The van der Waals surface area contributed by atoms with E-state index in [1.165, 1.54) is 6.92 Å². The molecule has 0 saturated heterocycles. The van der Waals surface area contributed by atoms with Gasteiger partial charge in [0.1, 0.15) is 12.4 Å². The van der Waals surface area contributed by atoms with Gasteiger partial charge in [0.25, 0.3) is 0 Å². The van der Waals surface area contributed by atoms with Gasteiger partial charge in [-0.25, -0.2) is 4.18 Å². The molecule has 1 atom stereocenters. The lowest BCUT2D eigenvalue weighted by Gasteiger charge is -2.02. The van der Waals surface area contributed by atoms with Gasteiger partial charge < -0.3 is 4.79 Å². The minimum atomic E-state index is -3.96. The number of hydrogen-bond donors (Lipinski definition) is 0. The van der Waals surface area contributed by atoms with E-state index in [9.17, 15) is 13.2 Å². The first-order valence-corrected chi connectivity index (χ1v) is 3.79. The molecule has 0 heterocycles. The Morgan fingerprint density at radius 1 is 1.50 bits per heavy atom. The monoisotopic (exact) mass is 168 g/mol. The van der Waals surface area contributed by atoms with Crippen molar-refractivity contribution in [1.29, 1.82) is 0 Å². The largest absolute Gasteiger partial charge is 0.400 e. The van der Waals surface area contributed by atoms with Crippen LogP contribution < -0.4 is 0 Å². The van der Waals surface area contributed by atoms with Crippen LogP contribution in [0.3, 0.4) is 0 Å². The number of hydrogen-bond acceptors (Lipinski definition) is 5. The zero-order valence-electron chi connectivity index (χ0n) is 5.60. The first-order chi connectivity index (χ1) is 4.52. The van der Waals surface area contributed by atoms with E-state index in [0.29, 0.717) is 6.29 Å². The fraction of sp³-hybridized carbons (Fsp3) is 0.750. The van der Waals surface area contributed by atoms with E-state index in [2.05, 4.69) is 8.37 Å². The summed E-state index contributed by atoms with van der Waals surface area (Å²) in [7, 11) is -3.01. The van der Waals surface area contributed by atoms with Crippen molar-refractivity contribution in [1.82, 2.24) is 0 Å². The van der Waals surface area contributed by atoms with Gasteiger partial charge in [0.05, 0.1) is 7.11 Å². The average Bonchev–Trinajstić information content (AvgIpc) is 1.87. The standard InChI is InChI=1S/C4H8O5S/c1-4(3-5)9-10(6,7)8-2/h3-4H,1-2H3. The molecule has 0 aromatic carbocycles. The van der Waals surface area contributed by atoms with Crippen LogP contribution in [0.2, 0.25) is 0 Å². The minimum absolute atomic E-state index is 0.358. The fourth-order valence-corrected chi connectivity index (χ4v) is 0.744. The molecule has 0 rings (SSSR count). The van der Waals surface area contributed by atoms with Crippen molar-refractivity contribution in [2.45, 2.75) is 13.0 Å². The van der Waals surface area contributed by atoms with E-state index >= 15 is 0 Å². The highest BCUT2D eigenvalue weighted by Gasteiger charge is 2.13. The van der Waals surface area contributed by atoms with Crippen LogP contribution >= 0.6 is 0 Å². The Bertz CT molecular complexity index is 194. The third-order valence-electron chi connectivity index (χ3n) is 0.665. The lowest BCUT2D eigenvalue weighted by atomic mass is 10.5. The number of carbonyl (C=O) groups excluding carboxylic acids is 1.